The summed E-state index contributed by atoms with van der Waals surface area (Å²) < 4.78 is 5.56. The summed E-state index contributed by atoms with van der Waals surface area (Å²) in [5, 5.41) is 8.34. The van der Waals surface area contributed by atoms with E-state index >= 15 is 0 Å². The van der Waals surface area contributed by atoms with Crippen molar-refractivity contribution in [2.75, 3.05) is 18.1 Å². The zero-order valence-corrected chi connectivity index (χ0v) is 9.72. The minimum atomic E-state index is 0.620. The van der Waals surface area contributed by atoms with Gasteiger partial charge in [0.2, 0.25) is 0 Å². The second-order valence-corrected chi connectivity index (χ2v) is 4.41. The van der Waals surface area contributed by atoms with Crippen LogP contribution in [0, 0.1) is 18.3 Å². The molecule has 0 bridgehead atoms. The van der Waals surface area contributed by atoms with Gasteiger partial charge in [-0.2, -0.15) is 17.0 Å². The van der Waals surface area contributed by atoms with E-state index in [9.17, 15) is 0 Å². The SMILES string of the molecule is Cc1cccc(OCCSCCC#N)c1. The third-order valence-electron chi connectivity index (χ3n) is 1.84. The minimum absolute atomic E-state index is 0.620. The molecule has 0 aliphatic rings. The molecule has 0 radical (unpaired) electrons. The summed E-state index contributed by atoms with van der Waals surface area (Å²) in [5.41, 5.74) is 1.21. The molecule has 2 nitrogen and oxygen atoms in total. The molecule has 0 saturated carbocycles. The minimum Gasteiger partial charge on any atom is -0.493 e. The Bertz CT molecular complexity index is 333. The molecule has 0 spiro atoms. The van der Waals surface area contributed by atoms with Crippen molar-refractivity contribution >= 4 is 11.8 Å². The number of hydrogen-bond donors (Lipinski definition) is 0. The van der Waals surface area contributed by atoms with Gasteiger partial charge in [0.05, 0.1) is 12.7 Å². The summed E-state index contributed by atoms with van der Waals surface area (Å²) in [6.07, 6.45) is 0.620. The Morgan fingerprint density at radius 3 is 3.00 bits per heavy atom. The van der Waals surface area contributed by atoms with Crippen LogP contribution in [0.1, 0.15) is 12.0 Å². The van der Waals surface area contributed by atoms with E-state index in [2.05, 4.69) is 19.1 Å². The molecule has 0 N–H and O–H groups in total. The van der Waals surface area contributed by atoms with Crippen molar-refractivity contribution in [1.29, 1.82) is 5.26 Å². The van der Waals surface area contributed by atoms with Gasteiger partial charge in [-0.1, -0.05) is 12.1 Å². The standard InChI is InChI=1S/C12H15NOS/c1-11-4-2-5-12(10-11)14-7-9-15-8-3-6-13/h2,4-5,10H,3,7-9H2,1H3. The van der Waals surface area contributed by atoms with E-state index in [0.29, 0.717) is 13.0 Å². The van der Waals surface area contributed by atoms with Crippen LogP contribution < -0.4 is 4.74 Å². The molecule has 1 aromatic rings. The number of ether oxygens (including phenoxy) is 1. The zero-order valence-electron chi connectivity index (χ0n) is 8.90. The van der Waals surface area contributed by atoms with Crippen LogP contribution in [0.15, 0.2) is 24.3 Å². The summed E-state index contributed by atoms with van der Waals surface area (Å²) in [6.45, 7) is 2.76. The quantitative estimate of drug-likeness (QED) is 0.692. The molecule has 0 heterocycles. The summed E-state index contributed by atoms with van der Waals surface area (Å²) in [4.78, 5) is 0. The van der Waals surface area contributed by atoms with Crippen LogP contribution in [-0.2, 0) is 0 Å². The van der Waals surface area contributed by atoms with Gasteiger partial charge in [0.1, 0.15) is 5.75 Å². The fourth-order valence-electron chi connectivity index (χ4n) is 1.14. The average Bonchev–Trinajstić information content (AvgIpc) is 2.23. The third kappa shape index (κ3) is 5.34. The molecule has 0 aromatic heterocycles. The highest BCUT2D eigenvalue weighted by atomic mass is 32.2. The van der Waals surface area contributed by atoms with E-state index in [1.165, 1.54) is 5.56 Å². The van der Waals surface area contributed by atoms with E-state index in [-0.39, 0.29) is 0 Å². The number of rotatable bonds is 6. The van der Waals surface area contributed by atoms with Gasteiger partial charge in [-0.25, -0.2) is 0 Å². The maximum Gasteiger partial charge on any atom is 0.119 e. The first-order valence-corrected chi connectivity index (χ1v) is 6.12. The van der Waals surface area contributed by atoms with E-state index in [1.807, 2.05) is 18.2 Å². The van der Waals surface area contributed by atoms with Crippen LogP contribution >= 0.6 is 11.8 Å². The van der Waals surface area contributed by atoms with Crippen molar-refractivity contribution in [2.24, 2.45) is 0 Å². The monoisotopic (exact) mass is 221 g/mol. The first-order chi connectivity index (χ1) is 7.33. The third-order valence-corrected chi connectivity index (χ3v) is 2.79. The molecule has 0 unspecified atom stereocenters. The van der Waals surface area contributed by atoms with Crippen LogP contribution in [0.4, 0.5) is 0 Å². The summed E-state index contributed by atoms with van der Waals surface area (Å²) in [6, 6.07) is 10.2. The van der Waals surface area contributed by atoms with Crippen molar-refractivity contribution in [2.45, 2.75) is 13.3 Å². The van der Waals surface area contributed by atoms with E-state index in [1.54, 1.807) is 11.8 Å². The molecular formula is C12H15NOS. The number of aryl methyl sites for hydroxylation is 1. The molecule has 0 amide bonds. The molecule has 15 heavy (non-hydrogen) atoms. The van der Waals surface area contributed by atoms with Crippen LogP contribution in [0.5, 0.6) is 5.75 Å². The molecule has 0 fully saturated rings. The number of thioether (sulfide) groups is 1. The Hall–Kier alpha value is -1.14. The molecule has 0 aliphatic carbocycles. The highest BCUT2D eigenvalue weighted by molar-refractivity contribution is 7.99. The highest BCUT2D eigenvalue weighted by Crippen LogP contribution is 2.12. The summed E-state index contributed by atoms with van der Waals surface area (Å²) >= 11 is 1.75. The zero-order chi connectivity index (χ0) is 10.9. The van der Waals surface area contributed by atoms with Crippen LogP contribution in [0.3, 0.4) is 0 Å². The fraction of sp³-hybridized carbons (Fsp3) is 0.417. The molecule has 0 saturated heterocycles. The largest absolute Gasteiger partial charge is 0.493 e. The predicted molar refractivity (Wildman–Crippen MR) is 64.2 cm³/mol. The van der Waals surface area contributed by atoms with Gasteiger partial charge in [-0.15, -0.1) is 0 Å². The molecule has 1 aromatic carbocycles. The number of nitrogens with zero attached hydrogens (tertiary/aromatic N) is 1. The summed E-state index contributed by atoms with van der Waals surface area (Å²) in [5.74, 6) is 2.76. The van der Waals surface area contributed by atoms with Gasteiger partial charge in [-0.05, 0) is 24.6 Å². The van der Waals surface area contributed by atoms with E-state index in [4.69, 9.17) is 10.00 Å². The maximum absolute atomic E-state index is 8.34. The lowest BCUT2D eigenvalue weighted by molar-refractivity contribution is 0.344. The lowest BCUT2D eigenvalue weighted by Crippen LogP contribution is -2.00. The van der Waals surface area contributed by atoms with Crippen molar-refractivity contribution in [3.8, 4) is 11.8 Å². The smallest absolute Gasteiger partial charge is 0.119 e. The topological polar surface area (TPSA) is 33.0 Å². The van der Waals surface area contributed by atoms with Crippen molar-refractivity contribution in [3.05, 3.63) is 29.8 Å². The molecule has 80 valence electrons. The normalized spacial score (nSPS) is 9.60. The predicted octanol–water partition coefficient (Wildman–Crippen LogP) is 3.02. The second kappa shape index (κ2) is 7.19. The van der Waals surface area contributed by atoms with Crippen molar-refractivity contribution in [1.82, 2.24) is 0 Å². The van der Waals surface area contributed by atoms with E-state index in [0.717, 1.165) is 17.3 Å². The van der Waals surface area contributed by atoms with Crippen molar-refractivity contribution < 1.29 is 4.74 Å². The first kappa shape index (κ1) is 11.9. The van der Waals surface area contributed by atoms with Gasteiger partial charge in [0.15, 0.2) is 0 Å². The Morgan fingerprint density at radius 2 is 2.27 bits per heavy atom. The van der Waals surface area contributed by atoms with Crippen LogP contribution in [0.2, 0.25) is 0 Å². The average molecular weight is 221 g/mol. The maximum atomic E-state index is 8.34. The first-order valence-electron chi connectivity index (χ1n) is 4.97. The number of benzene rings is 1. The van der Waals surface area contributed by atoms with Crippen LogP contribution in [0.25, 0.3) is 0 Å². The molecule has 1 rings (SSSR count). The molecule has 3 heteroatoms. The number of nitriles is 1. The fourth-order valence-corrected chi connectivity index (χ4v) is 1.78. The van der Waals surface area contributed by atoms with Crippen molar-refractivity contribution in [3.63, 3.8) is 0 Å². The van der Waals surface area contributed by atoms with Gasteiger partial charge in [-0.3, -0.25) is 0 Å². The molecule has 0 atom stereocenters. The van der Waals surface area contributed by atoms with Gasteiger partial charge in [0, 0.05) is 17.9 Å². The molecular weight excluding hydrogens is 206 g/mol. The Balaban J connectivity index is 2.13. The van der Waals surface area contributed by atoms with Crippen LogP contribution in [-0.4, -0.2) is 18.1 Å². The second-order valence-electron chi connectivity index (χ2n) is 3.19. The lowest BCUT2D eigenvalue weighted by atomic mass is 10.2. The highest BCUT2D eigenvalue weighted by Gasteiger charge is 1.94. The van der Waals surface area contributed by atoms with E-state index < -0.39 is 0 Å². The number of hydrogen-bond acceptors (Lipinski definition) is 3. The van der Waals surface area contributed by atoms with Gasteiger partial charge >= 0.3 is 0 Å². The van der Waals surface area contributed by atoms with Gasteiger partial charge < -0.3 is 4.74 Å². The lowest BCUT2D eigenvalue weighted by Gasteiger charge is -2.05. The van der Waals surface area contributed by atoms with Gasteiger partial charge in [0.25, 0.3) is 0 Å². The summed E-state index contributed by atoms with van der Waals surface area (Å²) in [7, 11) is 0. The molecule has 0 aliphatic heterocycles. The Labute approximate surface area is 95.3 Å². The Morgan fingerprint density at radius 1 is 1.40 bits per heavy atom. The Kier molecular flexibility index (Phi) is 5.72.